The standard InChI is InChI=1S/C16F22O/c17-4-1-2(5(18)6(19)3(4)10(23,24)15(33,34)35)9(21,22)11(25,26)8(20,7(1)39)12(27,28)13(29,30)14(31,32)16(36,37)38. The van der Waals surface area contributed by atoms with Crippen LogP contribution >= 0.6 is 0 Å². The van der Waals surface area contributed by atoms with Gasteiger partial charge in [-0.05, 0) is 0 Å². The lowest BCUT2D eigenvalue weighted by Crippen LogP contribution is -2.77. The predicted molar refractivity (Wildman–Crippen MR) is 74.2 cm³/mol. The molecular weight excluding hydrogens is 626 g/mol. The monoisotopic (exact) mass is 626 g/mol. The van der Waals surface area contributed by atoms with E-state index in [4.69, 9.17) is 0 Å². The van der Waals surface area contributed by atoms with Crippen LogP contribution in [0, 0.1) is 17.5 Å². The van der Waals surface area contributed by atoms with E-state index in [1.165, 1.54) is 0 Å². The molecule has 1 atom stereocenters. The Morgan fingerprint density at radius 2 is 0.949 bits per heavy atom. The fraction of sp³-hybridized carbons (Fsp3) is 0.562. The lowest BCUT2D eigenvalue weighted by molar-refractivity contribution is -0.426. The normalized spacial score (nSPS) is 22.7. The first-order valence-electron chi connectivity index (χ1n) is 8.61. The molecule has 0 radical (unpaired) electrons. The molecule has 0 amide bonds. The Hall–Kier alpha value is -2.65. The molecule has 1 aliphatic rings. The molecular formula is C16F22O. The summed E-state index contributed by atoms with van der Waals surface area (Å²) in [5.41, 5.74) is -21.0. The Balaban J connectivity index is 3.19. The molecule has 39 heavy (non-hydrogen) atoms. The highest BCUT2D eigenvalue weighted by molar-refractivity contribution is 6.07. The Labute approximate surface area is 196 Å². The smallest absolute Gasteiger partial charge is 0.290 e. The largest absolute Gasteiger partial charge is 0.460 e. The number of hydrogen-bond acceptors (Lipinski definition) is 1. The summed E-state index contributed by atoms with van der Waals surface area (Å²) < 4.78 is 297. The summed E-state index contributed by atoms with van der Waals surface area (Å²) in [4.78, 5) is 11.9. The number of Topliss-reactive ketones (excluding diaryl/α,β-unsaturated/α-hetero) is 1. The van der Waals surface area contributed by atoms with Gasteiger partial charge < -0.3 is 0 Å². The highest BCUT2D eigenvalue weighted by Gasteiger charge is 2.95. The first kappa shape index (κ1) is 32.6. The molecule has 2 rings (SSSR count). The first-order valence-corrected chi connectivity index (χ1v) is 8.61. The number of alkyl halides is 19. The van der Waals surface area contributed by atoms with Gasteiger partial charge in [0.25, 0.3) is 0 Å². The summed E-state index contributed by atoms with van der Waals surface area (Å²) in [6.07, 6.45) is -15.3. The molecule has 23 heteroatoms. The number of carbonyl (C=O) groups excluding carboxylic acids is 1. The van der Waals surface area contributed by atoms with Gasteiger partial charge in [-0.3, -0.25) is 4.79 Å². The van der Waals surface area contributed by atoms with E-state index < -0.39 is 93.5 Å². The van der Waals surface area contributed by atoms with Crippen LogP contribution in [0.15, 0.2) is 0 Å². The fourth-order valence-electron chi connectivity index (χ4n) is 3.21. The van der Waals surface area contributed by atoms with Gasteiger partial charge in [0, 0.05) is 0 Å². The van der Waals surface area contributed by atoms with Crippen molar-refractivity contribution < 1.29 is 101 Å². The molecule has 1 nitrogen and oxygen atoms in total. The van der Waals surface area contributed by atoms with E-state index in [1.807, 2.05) is 0 Å². The number of benzene rings is 1. The van der Waals surface area contributed by atoms with Crippen molar-refractivity contribution in [1.82, 2.24) is 0 Å². The van der Waals surface area contributed by atoms with E-state index in [1.54, 1.807) is 0 Å². The van der Waals surface area contributed by atoms with Crippen molar-refractivity contribution in [3.05, 3.63) is 34.1 Å². The van der Waals surface area contributed by atoms with Crippen LogP contribution in [-0.4, -0.2) is 47.5 Å². The fourth-order valence-corrected chi connectivity index (χ4v) is 3.21. The third-order valence-electron chi connectivity index (χ3n) is 5.25. The van der Waals surface area contributed by atoms with Gasteiger partial charge in [-0.25, -0.2) is 17.6 Å². The maximum absolute atomic E-state index is 14.9. The quantitative estimate of drug-likeness (QED) is 0.246. The van der Waals surface area contributed by atoms with Crippen LogP contribution in [0.2, 0.25) is 0 Å². The average Bonchev–Trinajstić information content (AvgIpc) is 2.71. The van der Waals surface area contributed by atoms with E-state index in [0.29, 0.717) is 0 Å². The molecule has 1 aliphatic carbocycles. The predicted octanol–water partition coefficient (Wildman–Crippen LogP) is 7.86. The number of carbonyl (C=O) groups is 1. The lowest BCUT2D eigenvalue weighted by Gasteiger charge is -2.47. The van der Waals surface area contributed by atoms with Crippen LogP contribution in [0.5, 0.6) is 0 Å². The number of fused-ring (bicyclic) bond motifs is 1. The molecule has 224 valence electrons. The first-order chi connectivity index (χ1) is 16.8. The Bertz CT molecular complexity index is 1200. The Morgan fingerprint density at radius 1 is 0.538 bits per heavy atom. The molecule has 0 bridgehead atoms. The Morgan fingerprint density at radius 3 is 1.31 bits per heavy atom. The molecule has 0 aliphatic heterocycles. The van der Waals surface area contributed by atoms with Crippen LogP contribution in [0.3, 0.4) is 0 Å². The van der Waals surface area contributed by atoms with Crippen LogP contribution in [0.1, 0.15) is 21.5 Å². The van der Waals surface area contributed by atoms with E-state index in [2.05, 4.69) is 0 Å². The summed E-state index contributed by atoms with van der Waals surface area (Å²) in [6.45, 7) is 0. The zero-order valence-corrected chi connectivity index (χ0v) is 16.7. The van der Waals surface area contributed by atoms with Crippen molar-refractivity contribution in [1.29, 1.82) is 0 Å². The van der Waals surface area contributed by atoms with Gasteiger partial charge in [-0.1, -0.05) is 0 Å². The second-order valence-corrected chi connectivity index (χ2v) is 7.50. The number of ketones is 1. The molecule has 0 fully saturated rings. The van der Waals surface area contributed by atoms with Crippen molar-refractivity contribution in [2.45, 2.75) is 53.6 Å². The van der Waals surface area contributed by atoms with Gasteiger partial charge in [0.05, 0.1) is 11.1 Å². The third-order valence-corrected chi connectivity index (χ3v) is 5.25. The van der Waals surface area contributed by atoms with Gasteiger partial charge in [0.1, 0.15) is 11.4 Å². The molecule has 1 aromatic rings. The van der Waals surface area contributed by atoms with Crippen LogP contribution in [0.25, 0.3) is 0 Å². The molecule has 1 unspecified atom stereocenters. The summed E-state index contributed by atoms with van der Waals surface area (Å²) in [7, 11) is 0. The van der Waals surface area contributed by atoms with E-state index >= 15 is 0 Å². The zero-order valence-electron chi connectivity index (χ0n) is 16.7. The molecule has 0 N–H and O–H groups in total. The highest BCUT2D eigenvalue weighted by Crippen LogP contribution is 2.67. The van der Waals surface area contributed by atoms with Gasteiger partial charge in [0.15, 0.2) is 11.6 Å². The van der Waals surface area contributed by atoms with Gasteiger partial charge in [-0.2, -0.15) is 79.0 Å². The highest BCUT2D eigenvalue weighted by atomic mass is 19.4. The molecule has 0 heterocycles. The van der Waals surface area contributed by atoms with Crippen molar-refractivity contribution in [2.24, 2.45) is 0 Å². The second kappa shape index (κ2) is 7.97. The SMILES string of the molecule is O=C1c2c(F)c(C(F)(F)C(F)(F)F)c(F)c(F)c2C(F)(F)C(F)(F)C1(F)C(F)(F)C(F)(F)C(F)(F)C(F)(F)F. The van der Waals surface area contributed by atoms with Gasteiger partial charge >= 0.3 is 53.6 Å². The topological polar surface area (TPSA) is 17.1 Å². The minimum atomic E-state index is -8.80. The van der Waals surface area contributed by atoms with E-state index in [9.17, 15) is 101 Å². The zero-order chi connectivity index (χ0) is 31.5. The lowest BCUT2D eigenvalue weighted by atomic mass is 9.69. The molecule has 0 aromatic heterocycles. The summed E-state index contributed by atoms with van der Waals surface area (Å²) in [6, 6.07) is 0. The summed E-state index contributed by atoms with van der Waals surface area (Å²) in [5.74, 6) is -66.8. The second-order valence-electron chi connectivity index (χ2n) is 7.50. The maximum Gasteiger partial charge on any atom is 0.460 e. The van der Waals surface area contributed by atoms with Crippen molar-refractivity contribution in [3.8, 4) is 0 Å². The van der Waals surface area contributed by atoms with Crippen molar-refractivity contribution >= 4 is 5.78 Å². The van der Waals surface area contributed by atoms with E-state index in [0.717, 1.165) is 0 Å². The maximum atomic E-state index is 14.9. The Kier molecular flexibility index (Phi) is 6.65. The minimum Gasteiger partial charge on any atom is -0.290 e. The molecule has 1 aromatic carbocycles. The van der Waals surface area contributed by atoms with Crippen LogP contribution < -0.4 is 0 Å². The van der Waals surface area contributed by atoms with Crippen molar-refractivity contribution in [2.75, 3.05) is 0 Å². The third kappa shape index (κ3) is 3.48. The number of rotatable bonds is 4. The van der Waals surface area contributed by atoms with E-state index in [-0.39, 0.29) is 0 Å². The number of hydrogen-bond donors (Lipinski definition) is 0. The average molecular weight is 626 g/mol. The molecule has 0 saturated heterocycles. The van der Waals surface area contributed by atoms with Crippen molar-refractivity contribution in [3.63, 3.8) is 0 Å². The van der Waals surface area contributed by atoms with Gasteiger partial charge in [0.2, 0.25) is 5.78 Å². The molecule has 0 spiro atoms. The van der Waals surface area contributed by atoms with Crippen LogP contribution in [-0.2, 0) is 11.8 Å². The molecule has 0 saturated carbocycles. The summed E-state index contributed by atoms with van der Waals surface area (Å²) >= 11 is 0. The summed E-state index contributed by atoms with van der Waals surface area (Å²) in [5, 5.41) is 0. The van der Waals surface area contributed by atoms with Gasteiger partial charge in [-0.15, -0.1) is 0 Å². The minimum absolute atomic E-state index is 4.15. The number of halogens is 22. The van der Waals surface area contributed by atoms with Crippen LogP contribution in [0.4, 0.5) is 96.6 Å².